The van der Waals surface area contributed by atoms with Gasteiger partial charge in [0, 0.05) is 31.9 Å². The van der Waals surface area contributed by atoms with Crippen molar-refractivity contribution in [2.45, 2.75) is 38.1 Å². The van der Waals surface area contributed by atoms with Crippen LogP contribution in [0.2, 0.25) is 0 Å². The second kappa shape index (κ2) is 7.42. The Morgan fingerprint density at radius 2 is 1.75 bits per heavy atom. The van der Waals surface area contributed by atoms with E-state index in [1.54, 1.807) is 12.1 Å². The zero-order valence-electron chi connectivity index (χ0n) is 16.2. The standard InChI is InChI=1S/C21H26FN5O/c1-15-6-8-21(9-7-15)18(14-23)19(28)24-20(25-21)27-12-10-26(11-13-27)17-4-2-16(22)3-5-17/h2-5,15,18H,6-13H2,1H3,(H,24,25,28)/t15?,18-,21?/m1/s1. The van der Waals surface area contributed by atoms with E-state index < -0.39 is 11.5 Å². The number of carbonyl (C=O) groups excluding carboxylic acids is 1. The molecule has 1 saturated heterocycles. The minimum Gasteiger partial charge on any atom is -0.368 e. The second-order valence-corrected chi connectivity index (χ2v) is 8.22. The lowest BCUT2D eigenvalue weighted by atomic mass is 9.70. The third-order valence-corrected chi connectivity index (χ3v) is 6.40. The Kier molecular flexibility index (Phi) is 4.96. The molecule has 0 bridgehead atoms. The van der Waals surface area contributed by atoms with E-state index in [0.717, 1.165) is 57.5 Å². The number of amides is 1. The van der Waals surface area contributed by atoms with Crippen molar-refractivity contribution < 1.29 is 9.18 Å². The zero-order valence-corrected chi connectivity index (χ0v) is 16.2. The number of carbonyl (C=O) groups is 1. The van der Waals surface area contributed by atoms with E-state index in [1.807, 2.05) is 0 Å². The fourth-order valence-electron chi connectivity index (χ4n) is 4.55. The highest BCUT2D eigenvalue weighted by Gasteiger charge is 2.49. The van der Waals surface area contributed by atoms with Crippen LogP contribution in [0.1, 0.15) is 32.6 Å². The van der Waals surface area contributed by atoms with E-state index in [9.17, 15) is 14.4 Å². The van der Waals surface area contributed by atoms with Gasteiger partial charge in [0.15, 0.2) is 5.92 Å². The molecule has 2 heterocycles. The van der Waals surface area contributed by atoms with Gasteiger partial charge in [-0.15, -0.1) is 0 Å². The molecular weight excluding hydrogens is 357 g/mol. The fraction of sp³-hybridized carbons (Fsp3) is 0.571. The first-order valence-electron chi connectivity index (χ1n) is 10.1. The highest BCUT2D eigenvalue weighted by atomic mass is 19.1. The summed E-state index contributed by atoms with van der Waals surface area (Å²) in [6.45, 7) is 5.20. The number of rotatable bonds is 1. The predicted molar refractivity (Wildman–Crippen MR) is 105 cm³/mol. The van der Waals surface area contributed by atoms with Gasteiger partial charge in [-0.25, -0.2) is 9.38 Å². The quantitative estimate of drug-likeness (QED) is 0.809. The maximum atomic E-state index is 13.1. The lowest BCUT2D eigenvalue weighted by Gasteiger charge is -2.44. The third kappa shape index (κ3) is 3.44. The number of nitrogens with zero attached hydrogens (tertiary/aromatic N) is 4. The maximum Gasteiger partial charge on any atom is 0.246 e. The van der Waals surface area contributed by atoms with Crippen LogP contribution in [-0.4, -0.2) is 48.5 Å². The Labute approximate surface area is 165 Å². The summed E-state index contributed by atoms with van der Waals surface area (Å²) in [6.07, 6.45) is 3.58. The smallest absolute Gasteiger partial charge is 0.246 e. The normalized spacial score (nSPS) is 30.6. The van der Waals surface area contributed by atoms with Gasteiger partial charge in [0.2, 0.25) is 11.9 Å². The van der Waals surface area contributed by atoms with Crippen molar-refractivity contribution in [3.05, 3.63) is 30.1 Å². The topological polar surface area (TPSA) is 71.7 Å². The number of nitrogens with one attached hydrogen (secondary N) is 1. The molecule has 1 aliphatic carbocycles. The highest BCUT2D eigenvalue weighted by molar-refractivity contribution is 6.02. The molecule has 1 aromatic rings. The van der Waals surface area contributed by atoms with Crippen molar-refractivity contribution in [1.82, 2.24) is 10.2 Å². The van der Waals surface area contributed by atoms with Crippen molar-refractivity contribution in [3.63, 3.8) is 0 Å². The van der Waals surface area contributed by atoms with E-state index in [-0.39, 0.29) is 11.7 Å². The molecule has 2 fully saturated rings. The number of hydrogen-bond donors (Lipinski definition) is 1. The lowest BCUT2D eigenvalue weighted by molar-refractivity contribution is -0.125. The molecule has 0 aromatic heterocycles. The number of nitriles is 1. The molecule has 1 aromatic carbocycles. The molecule has 2 aliphatic heterocycles. The predicted octanol–water partition coefficient (Wildman–Crippen LogP) is 2.52. The van der Waals surface area contributed by atoms with Gasteiger partial charge in [0.25, 0.3) is 0 Å². The molecule has 3 aliphatic rings. The van der Waals surface area contributed by atoms with Crippen LogP contribution in [0.25, 0.3) is 0 Å². The second-order valence-electron chi connectivity index (χ2n) is 8.22. The first-order chi connectivity index (χ1) is 13.5. The molecule has 1 saturated carbocycles. The summed E-state index contributed by atoms with van der Waals surface area (Å²) in [4.78, 5) is 21.9. The first-order valence-corrected chi connectivity index (χ1v) is 10.1. The number of benzene rings is 1. The number of halogens is 1. The SMILES string of the molecule is CC1CCC2(CC1)N=C(N1CCN(c3ccc(F)cc3)CC1)NC(=O)[C@H]2C#N. The van der Waals surface area contributed by atoms with Crippen LogP contribution in [-0.2, 0) is 4.79 Å². The first kappa shape index (κ1) is 18.7. The number of guanidine groups is 1. The number of hydrogen-bond acceptors (Lipinski definition) is 5. The van der Waals surface area contributed by atoms with Crippen LogP contribution >= 0.6 is 0 Å². The summed E-state index contributed by atoms with van der Waals surface area (Å²) in [5, 5.41) is 12.5. The van der Waals surface area contributed by atoms with Crippen LogP contribution in [0.4, 0.5) is 10.1 Å². The minimum absolute atomic E-state index is 0.219. The van der Waals surface area contributed by atoms with E-state index in [2.05, 4.69) is 28.1 Å². The molecule has 4 rings (SSSR count). The Morgan fingerprint density at radius 3 is 2.36 bits per heavy atom. The largest absolute Gasteiger partial charge is 0.368 e. The molecule has 148 valence electrons. The van der Waals surface area contributed by atoms with Gasteiger partial charge in [-0.3, -0.25) is 10.1 Å². The van der Waals surface area contributed by atoms with Gasteiger partial charge in [0.1, 0.15) is 5.82 Å². The summed E-state index contributed by atoms with van der Waals surface area (Å²) >= 11 is 0. The average molecular weight is 383 g/mol. The zero-order chi connectivity index (χ0) is 19.7. The van der Waals surface area contributed by atoms with Gasteiger partial charge in [-0.2, -0.15) is 5.26 Å². The number of anilines is 1. The highest BCUT2D eigenvalue weighted by Crippen LogP contribution is 2.41. The number of piperazine rings is 1. The van der Waals surface area contributed by atoms with E-state index >= 15 is 0 Å². The molecular formula is C21H26FN5O. The molecule has 1 N–H and O–H groups in total. The van der Waals surface area contributed by atoms with Gasteiger partial charge < -0.3 is 9.80 Å². The fourth-order valence-corrected chi connectivity index (χ4v) is 4.55. The molecule has 0 unspecified atom stereocenters. The van der Waals surface area contributed by atoms with Crippen molar-refractivity contribution in [3.8, 4) is 6.07 Å². The Morgan fingerprint density at radius 1 is 1.14 bits per heavy atom. The third-order valence-electron chi connectivity index (χ3n) is 6.40. The Balaban J connectivity index is 1.49. The molecule has 1 spiro atoms. The molecule has 1 amide bonds. The van der Waals surface area contributed by atoms with Crippen molar-refractivity contribution in [2.75, 3.05) is 31.1 Å². The molecule has 0 radical (unpaired) electrons. The Bertz CT molecular complexity index is 799. The van der Waals surface area contributed by atoms with E-state index in [4.69, 9.17) is 4.99 Å². The van der Waals surface area contributed by atoms with Crippen LogP contribution < -0.4 is 10.2 Å². The van der Waals surface area contributed by atoms with Gasteiger partial charge in [-0.05, 0) is 55.9 Å². The summed E-state index contributed by atoms with van der Waals surface area (Å²) in [5.41, 5.74) is 0.422. The lowest BCUT2D eigenvalue weighted by Crippen LogP contribution is -2.60. The molecule has 1 atom stereocenters. The summed E-state index contributed by atoms with van der Waals surface area (Å²) < 4.78 is 13.1. The van der Waals surface area contributed by atoms with Crippen LogP contribution in [0.5, 0.6) is 0 Å². The van der Waals surface area contributed by atoms with E-state index in [1.165, 1.54) is 12.1 Å². The summed E-state index contributed by atoms with van der Waals surface area (Å²) in [7, 11) is 0. The summed E-state index contributed by atoms with van der Waals surface area (Å²) in [5.74, 6) is 0.0748. The van der Waals surface area contributed by atoms with Crippen LogP contribution in [0, 0.1) is 29.0 Å². The monoisotopic (exact) mass is 383 g/mol. The Hall–Kier alpha value is -2.62. The van der Waals surface area contributed by atoms with Crippen LogP contribution in [0.3, 0.4) is 0 Å². The molecule has 28 heavy (non-hydrogen) atoms. The molecule has 6 nitrogen and oxygen atoms in total. The van der Waals surface area contributed by atoms with Gasteiger partial charge >= 0.3 is 0 Å². The van der Waals surface area contributed by atoms with Crippen LogP contribution in [0.15, 0.2) is 29.3 Å². The molecule has 7 heteroatoms. The van der Waals surface area contributed by atoms with E-state index in [0.29, 0.717) is 11.9 Å². The van der Waals surface area contributed by atoms with Crippen molar-refractivity contribution in [1.29, 1.82) is 5.26 Å². The average Bonchev–Trinajstić information content (AvgIpc) is 2.71. The van der Waals surface area contributed by atoms with Crippen molar-refractivity contribution in [2.24, 2.45) is 16.8 Å². The maximum absolute atomic E-state index is 13.1. The van der Waals surface area contributed by atoms with Gasteiger partial charge in [-0.1, -0.05) is 6.92 Å². The number of aliphatic imine (C=N–C) groups is 1. The van der Waals surface area contributed by atoms with Gasteiger partial charge in [0.05, 0.1) is 11.6 Å². The minimum atomic E-state index is -0.704. The van der Waals surface area contributed by atoms with Crippen molar-refractivity contribution >= 4 is 17.6 Å². The summed E-state index contributed by atoms with van der Waals surface area (Å²) in [6, 6.07) is 8.74.